The van der Waals surface area contributed by atoms with E-state index in [9.17, 15) is 15.3 Å². The number of phenols is 3. The minimum Gasteiger partial charge on any atom is -0.508 e. The first-order valence-electron chi connectivity index (χ1n) is 9.55. The molecule has 3 aromatic carbocycles. The summed E-state index contributed by atoms with van der Waals surface area (Å²) < 4.78 is 0. The molecule has 0 saturated heterocycles. The molecule has 0 amide bonds. The molecule has 3 heteroatoms. The molecule has 0 aliphatic rings. The largest absolute Gasteiger partial charge is 0.508 e. The van der Waals surface area contributed by atoms with Crippen LogP contribution in [0.3, 0.4) is 0 Å². The van der Waals surface area contributed by atoms with Gasteiger partial charge in [-0.25, -0.2) is 0 Å². The smallest absolute Gasteiger partial charge is 0.122 e. The van der Waals surface area contributed by atoms with Crippen molar-refractivity contribution in [3.05, 3.63) is 86.5 Å². The van der Waals surface area contributed by atoms with Crippen LogP contribution in [-0.4, -0.2) is 15.3 Å². The Balaban J connectivity index is 2.02. The van der Waals surface area contributed by atoms with Crippen molar-refractivity contribution in [2.45, 2.75) is 47.5 Å². The average molecular weight is 376 g/mol. The fraction of sp³-hybridized carbons (Fsp3) is 0.280. The van der Waals surface area contributed by atoms with Gasteiger partial charge < -0.3 is 15.3 Å². The zero-order valence-corrected chi connectivity index (χ0v) is 17.2. The third-order valence-corrected chi connectivity index (χ3v) is 5.33. The van der Waals surface area contributed by atoms with Crippen molar-refractivity contribution < 1.29 is 15.3 Å². The molecule has 3 aromatic rings. The number of hydrogen-bond acceptors (Lipinski definition) is 3. The van der Waals surface area contributed by atoms with E-state index in [0.29, 0.717) is 12.8 Å². The molecule has 0 aromatic heterocycles. The molecule has 0 bridgehead atoms. The molecule has 146 valence electrons. The zero-order chi connectivity index (χ0) is 20.6. The van der Waals surface area contributed by atoms with E-state index in [1.54, 1.807) is 12.1 Å². The highest BCUT2D eigenvalue weighted by Gasteiger charge is 2.16. The second-order valence-corrected chi connectivity index (χ2v) is 7.94. The highest BCUT2D eigenvalue weighted by Crippen LogP contribution is 2.34. The van der Waals surface area contributed by atoms with Crippen molar-refractivity contribution in [2.24, 2.45) is 0 Å². The highest BCUT2D eigenvalue weighted by atomic mass is 16.3. The maximum atomic E-state index is 10.9. The van der Waals surface area contributed by atoms with Gasteiger partial charge in [0.1, 0.15) is 17.2 Å². The summed E-state index contributed by atoms with van der Waals surface area (Å²) in [7, 11) is 0. The third kappa shape index (κ3) is 3.99. The number of phenolic OH excluding ortho intramolecular Hbond substituents is 3. The summed E-state index contributed by atoms with van der Waals surface area (Å²) in [6, 6.07) is 11.5. The Bertz CT molecular complexity index is 921. The molecule has 0 aliphatic carbocycles. The van der Waals surface area contributed by atoms with Gasteiger partial charge >= 0.3 is 0 Å². The number of rotatable bonds is 4. The Labute approximate surface area is 166 Å². The summed E-state index contributed by atoms with van der Waals surface area (Å²) >= 11 is 0. The summed E-state index contributed by atoms with van der Waals surface area (Å²) in [5.41, 5.74) is 8.29. The van der Waals surface area contributed by atoms with Crippen LogP contribution in [0, 0.1) is 34.6 Å². The van der Waals surface area contributed by atoms with Crippen LogP contribution in [0.1, 0.15) is 50.1 Å². The molecule has 0 saturated carbocycles. The molecule has 3 nitrogen and oxygen atoms in total. The lowest BCUT2D eigenvalue weighted by Crippen LogP contribution is -2.00. The van der Waals surface area contributed by atoms with E-state index in [2.05, 4.69) is 0 Å². The number of aromatic hydroxyl groups is 3. The van der Waals surface area contributed by atoms with Gasteiger partial charge in [0.05, 0.1) is 0 Å². The lowest BCUT2D eigenvalue weighted by Gasteiger charge is -2.16. The van der Waals surface area contributed by atoms with Crippen LogP contribution in [-0.2, 0) is 12.8 Å². The minimum absolute atomic E-state index is 0.226. The summed E-state index contributed by atoms with van der Waals surface area (Å²) in [6.45, 7) is 9.85. The molecule has 0 heterocycles. The predicted octanol–water partition coefficient (Wildman–Crippen LogP) is 5.53. The van der Waals surface area contributed by atoms with E-state index >= 15 is 0 Å². The Hall–Kier alpha value is -2.94. The Morgan fingerprint density at radius 1 is 0.536 bits per heavy atom. The SMILES string of the molecule is Cc1cc(C)c(Cc2cc(C)cc(Cc3c(C)cc(C)cc3O)c2O)c(O)c1. The maximum Gasteiger partial charge on any atom is 0.122 e. The van der Waals surface area contributed by atoms with Crippen LogP contribution in [0.25, 0.3) is 0 Å². The van der Waals surface area contributed by atoms with Crippen molar-refractivity contribution in [1.29, 1.82) is 0 Å². The number of hydrogen-bond donors (Lipinski definition) is 3. The fourth-order valence-corrected chi connectivity index (χ4v) is 3.99. The minimum atomic E-state index is 0.226. The van der Waals surface area contributed by atoms with Crippen molar-refractivity contribution in [2.75, 3.05) is 0 Å². The quantitative estimate of drug-likeness (QED) is 0.561. The van der Waals surface area contributed by atoms with Gasteiger partial charge in [0, 0.05) is 24.0 Å². The lowest BCUT2D eigenvalue weighted by atomic mass is 9.91. The monoisotopic (exact) mass is 376 g/mol. The Kier molecular flexibility index (Phi) is 5.37. The van der Waals surface area contributed by atoms with E-state index in [0.717, 1.165) is 50.1 Å². The molecule has 0 fully saturated rings. The normalized spacial score (nSPS) is 11.0. The average Bonchev–Trinajstić information content (AvgIpc) is 2.57. The van der Waals surface area contributed by atoms with Crippen molar-refractivity contribution in [3.63, 3.8) is 0 Å². The molecule has 28 heavy (non-hydrogen) atoms. The van der Waals surface area contributed by atoms with Gasteiger partial charge in [0.25, 0.3) is 0 Å². The van der Waals surface area contributed by atoms with Crippen molar-refractivity contribution in [1.82, 2.24) is 0 Å². The van der Waals surface area contributed by atoms with Crippen LogP contribution in [0.4, 0.5) is 0 Å². The maximum absolute atomic E-state index is 10.9. The van der Waals surface area contributed by atoms with Gasteiger partial charge in [0.15, 0.2) is 0 Å². The van der Waals surface area contributed by atoms with E-state index < -0.39 is 0 Å². The van der Waals surface area contributed by atoms with Gasteiger partial charge in [0.2, 0.25) is 0 Å². The summed E-state index contributed by atoms with van der Waals surface area (Å²) in [5, 5.41) is 31.7. The molecule has 0 radical (unpaired) electrons. The van der Waals surface area contributed by atoms with Crippen LogP contribution in [0.5, 0.6) is 17.2 Å². The van der Waals surface area contributed by atoms with E-state index in [4.69, 9.17) is 0 Å². The van der Waals surface area contributed by atoms with Gasteiger partial charge in [-0.05, 0) is 80.1 Å². The first-order valence-corrected chi connectivity index (χ1v) is 9.55. The molecule has 0 aliphatic heterocycles. The van der Waals surface area contributed by atoms with Crippen molar-refractivity contribution in [3.8, 4) is 17.2 Å². The second kappa shape index (κ2) is 7.59. The number of aryl methyl sites for hydroxylation is 5. The lowest BCUT2D eigenvalue weighted by molar-refractivity contribution is 0.456. The third-order valence-electron chi connectivity index (χ3n) is 5.33. The first kappa shape index (κ1) is 19.8. The van der Waals surface area contributed by atoms with E-state index in [1.165, 1.54) is 0 Å². The zero-order valence-electron chi connectivity index (χ0n) is 17.2. The van der Waals surface area contributed by atoms with Gasteiger partial charge in [-0.3, -0.25) is 0 Å². The summed E-state index contributed by atoms with van der Waals surface area (Å²) in [6.07, 6.45) is 0.911. The predicted molar refractivity (Wildman–Crippen MR) is 114 cm³/mol. The van der Waals surface area contributed by atoms with Crippen LogP contribution in [0.15, 0.2) is 36.4 Å². The Morgan fingerprint density at radius 2 is 0.893 bits per heavy atom. The molecule has 0 atom stereocenters. The van der Waals surface area contributed by atoms with Crippen LogP contribution in [0.2, 0.25) is 0 Å². The topological polar surface area (TPSA) is 60.7 Å². The van der Waals surface area contributed by atoms with Crippen molar-refractivity contribution >= 4 is 0 Å². The fourth-order valence-electron chi connectivity index (χ4n) is 3.99. The molecular formula is C25H28O3. The summed E-state index contributed by atoms with van der Waals surface area (Å²) in [5.74, 6) is 0.739. The highest BCUT2D eigenvalue weighted by molar-refractivity contribution is 5.53. The molecule has 3 N–H and O–H groups in total. The van der Waals surface area contributed by atoms with E-state index in [1.807, 2.05) is 58.9 Å². The van der Waals surface area contributed by atoms with Crippen LogP contribution >= 0.6 is 0 Å². The molecule has 3 rings (SSSR count). The molecule has 0 spiro atoms. The summed E-state index contributed by atoms with van der Waals surface area (Å²) in [4.78, 5) is 0. The molecule has 0 unspecified atom stereocenters. The van der Waals surface area contributed by atoms with Gasteiger partial charge in [-0.15, -0.1) is 0 Å². The standard InChI is InChI=1S/C25H28O3/c1-14-6-17(4)21(23(26)10-14)12-19-8-16(3)9-20(25(19)28)13-22-18(5)7-15(2)11-24(22)27/h6-11,26-28H,12-13H2,1-5H3. The second-order valence-electron chi connectivity index (χ2n) is 7.94. The molecular weight excluding hydrogens is 348 g/mol. The van der Waals surface area contributed by atoms with Crippen LogP contribution < -0.4 is 0 Å². The Morgan fingerprint density at radius 3 is 1.25 bits per heavy atom. The van der Waals surface area contributed by atoms with E-state index in [-0.39, 0.29) is 17.2 Å². The number of benzene rings is 3. The first-order chi connectivity index (χ1) is 13.2. The van der Waals surface area contributed by atoms with Gasteiger partial charge in [-0.2, -0.15) is 0 Å². The van der Waals surface area contributed by atoms with Gasteiger partial charge in [-0.1, -0.05) is 29.8 Å².